The molecule has 0 radical (unpaired) electrons. The molecule has 0 saturated carbocycles. The number of ether oxygens (including phenoxy) is 2. The first-order valence-electron chi connectivity index (χ1n) is 7.45. The largest absolute Gasteiger partial charge is 0.486 e. The highest BCUT2D eigenvalue weighted by Gasteiger charge is 2.16. The van der Waals surface area contributed by atoms with Crippen molar-refractivity contribution >= 4 is 11.6 Å². The molecule has 0 bridgehead atoms. The van der Waals surface area contributed by atoms with E-state index in [-0.39, 0.29) is 0 Å². The number of halogens is 1. The molecule has 0 aliphatic carbocycles. The van der Waals surface area contributed by atoms with E-state index in [0.717, 1.165) is 30.3 Å². The number of hydrogen-bond acceptors (Lipinski definition) is 3. The van der Waals surface area contributed by atoms with E-state index in [9.17, 15) is 0 Å². The van der Waals surface area contributed by atoms with Crippen molar-refractivity contribution in [3.63, 3.8) is 0 Å². The average Bonchev–Trinajstić information content (AvgIpc) is 2.42. The summed E-state index contributed by atoms with van der Waals surface area (Å²) < 4.78 is 11.1. The molecule has 3 nitrogen and oxygen atoms in total. The highest BCUT2D eigenvalue weighted by Crippen LogP contribution is 2.38. The van der Waals surface area contributed by atoms with Crippen molar-refractivity contribution in [2.45, 2.75) is 39.7 Å². The van der Waals surface area contributed by atoms with E-state index in [1.54, 1.807) is 0 Å². The van der Waals surface area contributed by atoms with Crippen LogP contribution in [0.25, 0.3) is 0 Å². The molecule has 1 N–H and O–H groups in total. The predicted molar refractivity (Wildman–Crippen MR) is 82.8 cm³/mol. The number of fused-ring (bicyclic) bond motifs is 1. The second kappa shape index (κ2) is 7.75. The summed E-state index contributed by atoms with van der Waals surface area (Å²) in [6, 6.07) is 3.97. The van der Waals surface area contributed by atoms with Gasteiger partial charge in [-0.15, -0.1) is 0 Å². The fourth-order valence-electron chi connectivity index (χ4n) is 2.30. The number of rotatable bonds is 7. The van der Waals surface area contributed by atoms with Crippen molar-refractivity contribution in [1.82, 2.24) is 5.32 Å². The van der Waals surface area contributed by atoms with E-state index in [0.29, 0.717) is 24.0 Å². The molecule has 0 amide bonds. The zero-order chi connectivity index (χ0) is 14.4. The van der Waals surface area contributed by atoms with Gasteiger partial charge in [0, 0.05) is 6.54 Å². The Bertz CT molecular complexity index is 435. The summed E-state index contributed by atoms with van der Waals surface area (Å²) >= 11 is 6.21. The summed E-state index contributed by atoms with van der Waals surface area (Å²) in [6.45, 7) is 7.56. The fraction of sp³-hybridized carbons (Fsp3) is 0.625. The van der Waals surface area contributed by atoms with E-state index < -0.39 is 0 Å². The lowest BCUT2D eigenvalue weighted by atomic mass is 10.1. The van der Waals surface area contributed by atoms with Gasteiger partial charge in [0.1, 0.15) is 13.2 Å². The van der Waals surface area contributed by atoms with Gasteiger partial charge in [-0.3, -0.25) is 0 Å². The van der Waals surface area contributed by atoms with Gasteiger partial charge < -0.3 is 14.8 Å². The minimum atomic E-state index is 0.570. The van der Waals surface area contributed by atoms with Crippen LogP contribution in [0.3, 0.4) is 0 Å². The zero-order valence-electron chi connectivity index (χ0n) is 12.4. The lowest BCUT2D eigenvalue weighted by Crippen LogP contribution is -2.18. The van der Waals surface area contributed by atoms with Gasteiger partial charge in [0.2, 0.25) is 0 Å². The Hall–Kier alpha value is -0.930. The third kappa shape index (κ3) is 4.57. The Morgan fingerprint density at radius 2 is 2.00 bits per heavy atom. The number of nitrogens with one attached hydrogen (secondary N) is 1. The Kier molecular flexibility index (Phi) is 5.99. The topological polar surface area (TPSA) is 30.5 Å². The molecule has 4 heteroatoms. The SMILES string of the molecule is CC(C)CCCCNCc1cc(Cl)c2c(c1)OCCO2. The maximum atomic E-state index is 6.21. The summed E-state index contributed by atoms with van der Waals surface area (Å²) in [5, 5.41) is 4.09. The van der Waals surface area contributed by atoms with Crippen LogP contribution in [0, 0.1) is 5.92 Å². The smallest absolute Gasteiger partial charge is 0.179 e. The summed E-state index contributed by atoms with van der Waals surface area (Å²) in [5.74, 6) is 2.24. The summed E-state index contributed by atoms with van der Waals surface area (Å²) in [7, 11) is 0. The Labute approximate surface area is 126 Å². The third-order valence-electron chi connectivity index (χ3n) is 3.37. The molecule has 112 valence electrons. The van der Waals surface area contributed by atoms with Gasteiger partial charge in [0.05, 0.1) is 5.02 Å². The molecular weight excluding hydrogens is 274 g/mol. The highest BCUT2D eigenvalue weighted by atomic mass is 35.5. The number of hydrogen-bond donors (Lipinski definition) is 1. The normalized spacial score (nSPS) is 13.8. The van der Waals surface area contributed by atoms with Crippen LogP contribution in [0.2, 0.25) is 5.02 Å². The van der Waals surface area contributed by atoms with Crippen LogP contribution in [-0.2, 0) is 6.54 Å². The molecule has 1 aromatic carbocycles. The lowest BCUT2D eigenvalue weighted by Gasteiger charge is -2.20. The second-order valence-corrected chi connectivity index (χ2v) is 6.08. The Morgan fingerprint density at radius 3 is 2.80 bits per heavy atom. The molecule has 1 heterocycles. The van der Waals surface area contributed by atoms with Crippen molar-refractivity contribution in [1.29, 1.82) is 0 Å². The third-order valence-corrected chi connectivity index (χ3v) is 3.65. The van der Waals surface area contributed by atoms with Gasteiger partial charge in [0.15, 0.2) is 11.5 Å². The maximum Gasteiger partial charge on any atom is 0.179 e. The van der Waals surface area contributed by atoms with Gasteiger partial charge in [0.25, 0.3) is 0 Å². The number of benzene rings is 1. The van der Waals surface area contributed by atoms with Crippen LogP contribution in [0.1, 0.15) is 38.7 Å². The first-order chi connectivity index (χ1) is 9.66. The summed E-state index contributed by atoms with van der Waals surface area (Å²) in [6.07, 6.45) is 3.81. The molecule has 0 aromatic heterocycles. The lowest BCUT2D eigenvalue weighted by molar-refractivity contribution is 0.171. The van der Waals surface area contributed by atoms with E-state index in [4.69, 9.17) is 21.1 Å². The molecule has 1 aromatic rings. The Morgan fingerprint density at radius 1 is 1.20 bits per heavy atom. The molecule has 1 aliphatic rings. The van der Waals surface area contributed by atoms with Crippen LogP contribution < -0.4 is 14.8 Å². The second-order valence-electron chi connectivity index (χ2n) is 5.67. The molecule has 0 unspecified atom stereocenters. The molecule has 20 heavy (non-hydrogen) atoms. The molecule has 0 fully saturated rings. The Balaban J connectivity index is 1.77. The van der Waals surface area contributed by atoms with Gasteiger partial charge in [-0.1, -0.05) is 38.3 Å². The molecule has 0 saturated heterocycles. The van der Waals surface area contributed by atoms with Crippen LogP contribution in [0.5, 0.6) is 11.5 Å². The predicted octanol–water partition coefficient (Wildman–Crippen LogP) is 4.03. The van der Waals surface area contributed by atoms with E-state index in [2.05, 4.69) is 19.2 Å². The molecule has 1 aliphatic heterocycles. The fourth-order valence-corrected chi connectivity index (χ4v) is 2.59. The summed E-state index contributed by atoms with van der Waals surface area (Å²) in [4.78, 5) is 0. The zero-order valence-corrected chi connectivity index (χ0v) is 13.1. The van der Waals surface area contributed by atoms with E-state index in [1.165, 1.54) is 19.3 Å². The average molecular weight is 298 g/mol. The van der Waals surface area contributed by atoms with Crippen molar-refractivity contribution in [2.75, 3.05) is 19.8 Å². The standard InChI is InChI=1S/C16H24ClNO2/c1-12(2)5-3-4-6-18-11-13-9-14(17)16-15(10-13)19-7-8-20-16/h9-10,12,18H,3-8,11H2,1-2H3. The first kappa shape index (κ1) is 15.5. The van der Waals surface area contributed by atoms with Gasteiger partial charge in [-0.25, -0.2) is 0 Å². The molecule has 2 rings (SSSR count). The minimum Gasteiger partial charge on any atom is -0.486 e. The quantitative estimate of drug-likeness (QED) is 0.771. The molecule has 0 atom stereocenters. The molecular formula is C16H24ClNO2. The van der Waals surface area contributed by atoms with Crippen molar-refractivity contribution in [2.24, 2.45) is 5.92 Å². The van der Waals surface area contributed by atoms with E-state index in [1.807, 2.05) is 12.1 Å². The minimum absolute atomic E-state index is 0.570. The van der Waals surface area contributed by atoms with Crippen LogP contribution in [-0.4, -0.2) is 19.8 Å². The monoisotopic (exact) mass is 297 g/mol. The van der Waals surface area contributed by atoms with Gasteiger partial charge in [-0.2, -0.15) is 0 Å². The van der Waals surface area contributed by atoms with Crippen molar-refractivity contribution in [3.05, 3.63) is 22.7 Å². The van der Waals surface area contributed by atoms with E-state index >= 15 is 0 Å². The van der Waals surface area contributed by atoms with Crippen LogP contribution in [0.4, 0.5) is 0 Å². The number of unbranched alkanes of at least 4 members (excludes halogenated alkanes) is 1. The van der Waals surface area contributed by atoms with Crippen LogP contribution in [0.15, 0.2) is 12.1 Å². The van der Waals surface area contributed by atoms with Gasteiger partial charge in [-0.05, 0) is 36.6 Å². The van der Waals surface area contributed by atoms with Crippen molar-refractivity contribution in [3.8, 4) is 11.5 Å². The highest BCUT2D eigenvalue weighted by molar-refractivity contribution is 6.32. The van der Waals surface area contributed by atoms with Crippen molar-refractivity contribution < 1.29 is 9.47 Å². The van der Waals surface area contributed by atoms with Gasteiger partial charge >= 0.3 is 0 Å². The maximum absolute atomic E-state index is 6.21. The van der Waals surface area contributed by atoms with Crippen LogP contribution >= 0.6 is 11.6 Å². The first-order valence-corrected chi connectivity index (χ1v) is 7.83. The molecule has 0 spiro atoms. The summed E-state index contributed by atoms with van der Waals surface area (Å²) in [5.41, 5.74) is 1.14.